The Morgan fingerprint density at radius 1 is 1.29 bits per heavy atom. The average molecular weight is 453 g/mol. The molecule has 4 heterocycles. The molecular formula is C22H21ClN6OS. The highest BCUT2D eigenvalue weighted by atomic mass is 35.5. The molecule has 1 aliphatic rings. The van der Waals surface area contributed by atoms with E-state index >= 15 is 0 Å². The molecule has 3 aromatic heterocycles. The summed E-state index contributed by atoms with van der Waals surface area (Å²) in [6.45, 7) is 5.72. The lowest BCUT2D eigenvalue weighted by molar-refractivity contribution is -0.120. The van der Waals surface area contributed by atoms with E-state index in [1.165, 1.54) is 0 Å². The molecule has 0 bridgehead atoms. The first kappa shape index (κ1) is 20.0. The maximum absolute atomic E-state index is 12.0. The fraction of sp³-hybridized carbons (Fsp3) is 0.273. The number of pyridine rings is 1. The number of carbonyl (C=O) groups is 1. The van der Waals surface area contributed by atoms with Crippen LogP contribution < -0.4 is 15.5 Å². The average Bonchev–Trinajstić information content (AvgIpc) is 3.14. The minimum absolute atomic E-state index is 0.00221. The van der Waals surface area contributed by atoms with Gasteiger partial charge in [0, 0.05) is 29.1 Å². The van der Waals surface area contributed by atoms with Gasteiger partial charge in [0.1, 0.15) is 18.0 Å². The van der Waals surface area contributed by atoms with E-state index in [-0.39, 0.29) is 18.5 Å². The molecule has 0 saturated carbocycles. The van der Waals surface area contributed by atoms with Crippen LogP contribution >= 0.6 is 22.9 Å². The number of benzene rings is 1. The van der Waals surface area contributed by atoms with E-state index in [2.05, 4.69) is 45.9 Å². The van der Waals surface area contributed by atoms with Gasteiger partial charge in [0.25, 0.3) is 0 Å². The van der Waals surface area contributed by atoms with E-state index in [1.807, 2.05) is 23.1 Å². The molecule has 0 spiro atoms. The number of aromatic nitrogens is 3. The molecule has 0 radical (unpaired) electrons. The quantitative estimate of drug-likeness (QED) is 0.480. The Balaban J connectivity index is 1.59. The van der Waals surface area contributed by atoms with Crippen LogP contribution in [0.2, 0.25) is 5.02 Å². The summed E-state index contributed by atoms with van der Waals surface area (Å²) in [6.07, 6.45) is 1.59. The van der Waals surface area contributed by atoms with Crippen molar-refractivity contribution < 1.29 is 4.79 Å². The molecule has 158 valence electrons. The van der Waals surface area contributed by atoms with Crippen LogP contribution in [-0.2, 0) is 4.79 Å². The normalized spacial score (nSPS) is 15.3. The molecule has 1 aromatic carbocycles. The number of anilines is 2. The van der Waals surface area contributed by atoms with E-state index < -0.39 is 0 Å². The number of nitrogens with zero attached hydrogens (tertiary/aromatic N) is 4. The number of hydrogen-bond acceptors (Lipinski definition) is 7. The van der Waals surface area contributed by atoms with Crippen molar-refractivity contribution in [1.82, 2.24) is 20.3 Å². The van der Waals surface area contributed by atoms with Gasteiger partial charge in [-0.1, -0.05) is 11.6 Å². The van der Waals surface area contributed by atoms with Gasteiger partial charge in [-0.2, -0.15) is 0 Å². The van der Waals surface area contributed by atoms with E-state index in [4.69, 9.17) is 16.6 Å². The zero-order valence-corrected chi connectivity index (χ0v) is 18.7. The number of amides is 1. The summed E-state index contributed by atoms with van der Waals surface area (Å²) in [4.78, 5) is 27.9. The predicted octanol–water partition coefficient (Wildman–Crippen LogP) is 4.31. The molecule has 2 N–H and O–H groups in total. The SMILES string of the molecule is Cc1csc2c(NC(C)c3cc4cc(Cl)ccc4nc3N3CCNC(=O)C3)ncnc12. The Hall–Kier alpha value is -2.97. The van der Waals surface area contributed by atoms with Crippen LogP contribution in [-0.4, -0.2) is 40.5 Å². The summed E-state index contributed by atoms with van der Waals surface area (Å²) in [5.74, 6) is 1.60. The lowest BCUT2D eigenvalue weighted by Crippen LogP contribution is -2.48. The van der Waals surface area contributed by atoms with Crippen LogP contribution in [0.5, 0.6) is 0 Å². The molecule has 5 rings (SSSR count). The maximum Gasteiger partial charge on any atom is 0.239 e. The van der Waals surface area contributed by atoms with Crippen molar-refractivity contribution in [1.29, 1.82) is 0 Å². The smallest absolute Gasteiger partial charge is 0.239 e. The molecule has 31 heavy (non-hydrogen) atoms. The largest absolute Gasteiger partial charge is 0.362 e. The van der Waals surface area contributed by atoms with Crippen molar-refractivity contribution in [3.8, 4) is 0 Å². The minimum Gasteiger partial charge on any atom is -0.362 e. The molecular weight excluding hydrogens is 432 g/mol. The second-order valence-corrected chi connectivity index (χ2v) is 9.01. The number of rotatable bonds is 4. The van der Waals surface area contributed by atoms with E-state index in [0.29, 0.717) is 18.1 Å². The fourth-order valence-electron chi connectivity index (χ4n) is 3.90. The highest BCUT2D eigenvalue weighted by molar-refractivity contribution is 7.18. The van der Waals surface area contributed by atoms with Crippen molar-refractivity contribution in [2.24, 2.45) is 0 Å². The number of hydrogen-bond donors (Lipinski definition) is 2. The Morgan fingerprint density at radius 2 is 2.16 bits per heavy atom. The van der Waals surface area contributed by atoms with Gasteiger partial charge in [0.2, 0.25) is 5.91 Å². The molecule has 4 aromatic rings. The third-order valence-corrected chi connectivity index (χ3v) is 6.80. The number of piperazine rings is 1. The Bertz CT molecular complexity index is 1310. The monoisotopic (exact) mass is 452 g/mol. The minimum atomic E-state index is -0.101. The summed E-state index contributed by atoms with van der Waals surface area (Å²) in [6, 6.07) is 7.66. The zero-order valence-electron chi connectivity index (χ0n) is 17.1. The standard InChI is InChI=1S/C22H21ClN6OS/c1-12-10-31-20-19(12)25-11-26-21(20)27-13(2)16-8-14-7-15(23)3-4-17(14)28-22(16)29-6-5-24-18(30)9-29/h3-4,7-8,10-11,13H,5-6,9H2,1-2H3,(H,24,30)(H,25,26,27). The number of halogens is 1. The molecule has 1 unspecified atom stereocenters. The Morgan fingerprint density at radius 3 is 3.00 bits per heavy atom. The predicted molar refractivity (Wildman–Crippen MR) is 126 cm³/mol. The summed E-state index contributed by atoms with van der Waals surface area (Å²) < 4.78 is 1.03. The van der Waals surface area contributed by atoms with Crippen LogP contribution in [0, 0.1) is 6.92 Å². The van der Waals surface area contributed by atoms with Gasteiger partial charge in [-0.25, -0.2) is 15.0 Å². The first-order valence-corrected chi connectivity index (χ1v) is 11.3. The van der Waals surface area contributed by atoms with Gasteiger partial charge >= 0.3 is 0 Å². The van der Waals surface area contributed by atoms with E-state index in [0.717, 1.165) is 43.9 Å². The lowest BCUT2D eigenvalue weighted by Gasteiger charge is -2.31. The van der Waals surface area contributed by atoms with Crippen molar-refractivity contribution in [2.45, 2.75) is 19.9 Å². The van der Waals surface area contributed by atoms with E-state index in [1.54, 1.807) is 17.7 Å². The van der Waals surface area contributed by atoms with Gasteiger partial charge < -0.3 is 15.5 Å². The molecule has 1 fully saturated rings. The first-order valence-electron chi connectivity index (χ1n) is 10.1. The summed E-state index contributed by atoms with van der Waals surface area (Å²) in [7, 11) is 0. The van der Waals surface area contributed by atoms with Gasteiger partial charge in [-0.05, 0) is 49.1 Å². The third kappa shape index (κ3) is 3.77. The van der Waals surface area contributed by atoms with Crippen LogP contribution in [0.25, 0.3) is 21.1 Å². The van der Waals surface area contributed by atoms with Crippen molar-refractivity contribution in [2.75, 3.05) is 29.9 Å². The van der Waals surface area contributed by atoms with Gasteiger partial charge in [-0.3, -0.25) is 4.79 Å². The van der Waals surface area contributed by atoms with Gasteiger partial charge in [0.05, 0.1) is 28.3 Å². The van der Waals surface area contributed by atoms with Crippen LogP contribution in [0.15, 0.2) is 36.0 Å². The number of aryl methyl sites for hydroxylation is 1. The maximum atomic E-state index is 12.0. The highest BCUT2D eigenvalue weighted by Crippen LogP contribution is 2.34. The molecule has 0 aliphatic carbocycles. The second-order valence-electron chi connectivity index (χ2n) is 7.69. The summed E-state index contributed by atoms with van der Waals surface area (Å²) in [5, 5.41) is 10.1. The topological polar surface area (TPSA) is 83.0 Å². The lowest BCUT2D eigenvalue weighted by atomic mass is 10.0. The van der Waals surface area contributed by atoms with Crippen molar-refractivity contribution in [3.05, 3.63) is 52.1 Å². The van der Waals surface area contributed by atoms with Crippen molar-refractivity contribution in [3.63, 3.8) is 0 Å². The summed E-state index contributed by atoms with van der Waals surface area (Å²) in [5.41, 5.74) is 3.94. The number of carbonyl (C=O) groups excluding carboxylic acids is 1. The molecule has 1 aliphatic heterocycles. The van der Waals surface area contributed by atoms with E-state index in [9.17, 15) is 4.79 Å². The Kier molecular flexibility index (Phi) is 5.11. The Labute approximate surface area is 188 Å². The molecule has 1 amide bonds. The molecule has 1 saturated heterocycles. The second kappa shape index (κ2) is 7.94. The van der Waals surface area contributed by atoms with Gasteiger partial charge in [0.15, 0.2) is 0 Å². The fourth-order valence-corrected chi connectivity index (χ4v) is 5.04. The number of thiophene rings is 1. The number of fused-ring (bicyclic) bond motifs is 2. The van der Waals surface area contributed by atoms with Crippen LogP contribution in [0.3, 0.4) is 0 Å². The van der Waals surface area contributed by atoms with Crippen LogP contribution in [0.4, 0.5) is 11.6 Å². The molecule has 9 heteroatoms. The zero-order chi connectivity index (χ0) is 21.5. The van der Waals surface area contributed by atoms with Crippen molar-refractivity contribution >= 4 is 61.6 Å². The first-order chi connectivity index (χ1) is 15.0. The third-order valence-electron chi connectivity index (χ3n) is 5.47. The summed E-state index contributed by atoms with van der Waals surface area (Å²) >= 11 is 7.86. The molecule has 7 nitrogen and oxygen atoms in total. The van der Waals surface area contributed by atoms with Gasteiger partial charge in [-0.15, -0.1) is 11.3 Å². The van der Waals surface area contributed by atoms with Crippen LogP contribution in [0.1, 0.15) is 24.1 Å². The molecule has 1 atom stereocenters. The highest BCUT2D eigenvalue weighted by Gasteiger charge is 2.24. The number of nitrogens with one attached hydrogen (secondary N) is 2.